The Morgan fingerprint density at radius 1 is 0.810 bits per heavy atom. The lowest BCUT2D eigenvalue weighted by Gasteiger charge is -2.37. The topological polar surface area (TPSA) is 9.23 Å². The molecule has 0 radical (unpaired) electrons. The fourth-order valence-corrected chi connectivity index (χ4v) is 4.38. The van der Waals surface area contributed by atoms with Crippen LogP contribution in [0.25, 0.3) is 10.8 Å². The first kappa shape index (κ1) is 13.2. The molecule has 0 atom stereocenters. The quantitative estimate of drug-likeness (QED) is 0.683. The maximum Gasteiger partial charge on any atom is 0.120 e. The monoisotopic (exact) mass is 280 g/mol. The maximum atomic E-state index is 6.27. The molecule has 1 nitrogen and oxygen atoms in total. The lowest BCUT2D eigenvalue weighted by molar-refractivity contribution is 0.0825. The van der Waals surface area contributed by atoms with E-state index in [1.165, 1.54) is 62.1 Å². The molecule has 2 aromatic carbocycles. The highest BCUT2D eigenvalue weighted by atomic mass is 16.5. The Balaban J connectivity index is 1.43. The SMILES string of the molecule is c1ccc2cc(OC3CCC4(CCCC4)CC3)ccc2c1. The summed E-state index contributed by atoms with van der Waals surface area (Å²) in [6.45, 7) is 0. The Labute approximate surface area is 127 Å². The minimum Gasteiger partial charge on any atom is -0.490 e. The van der Waals surface area contributed by atoms with E-state index in [9.17, 15) is 0 Å². The second kappa shape index (κ2) is 5.36. The zero-order valence-electron chi connectivity index (χ0n) is 12.7. The first-order valence-electron chi connectivity index (χ1n) is 8.49. The van der Waals surface area contributed by atoms with Crippen LogP contribution in [0, 0.1) is 5.41 Å². The van der Waals surface area contributed by atoms with Crippen LogP contribution in [0.15, 0.2) is 42.5 Å². The molecule has 21 heavy (non-hydrogen) atoms. The summed E-state index contributed by atoms with van der Waals surface area (Å²) in [5.74, 6) is 1.04. The van der Waals surface area contributed by atoms with Crippen molar-refractivity contribution in [2.75, 3.05) is 0 Å². The highest BCUT2D eigenvalue weighted by Crippen LogP contribution is 2.49. The molecule has 2 fully saturated rings. The van der Waals surface area contributed by atoms with Crippen LogP contribution in [-0.4, -0.2) is 6.10 Å². The van der Waals surface area contributed by atoms with Crippen molar-refractivity contribution in [2.24, 2.45) is 5.41 Å². The molecule has 0 aromatic heterocycles. The van der Waals surface area contributed by atoms with Crippen LogP contribution < -0.4 is 4.74 Å². The molecule has 2 aromatic rings. The molecule has 0 bridgehead atoms. The normalized spacial score (nSPS) is 21.9. The Morgan fingerprint density at radius 3 is 2.29 bits per heavy atom. The minimum absolute atomic E-state index is 0.428. The Morgan fingerprint density at radius 2 is 1.52 bits per heavy atom. The van der Waals surface area contributed by atoms with Crippen molar-refractivity contribution < 1.29 is 4.74 Å². The van der Waals surface area contributed by atoms with Crippen LogP contribution in [0.2, 0.25) is 0 Å². The van der Waals surface area contributed by atoms with Gasteiger partial charge in [-0.1, -0.05) is 43.2 Å². The number of hydrogen-bond donors (Lipinski definition) is 0. The third-order valence-corrected chi connectivity index (χ3v) is 5.68. The van der Waals surface area contributed by atoms with E-state index >= 15 is 0 Å². The van der Waals surface area contributed by atoms with Gasteiger partial charge in [0, 0.05) is 0 Å². The molecular weight excluding hydrogens is 256 g/mol. The molecule has 2 saturated carbocycles. The summed E-state index contributed by atoms with van der Waals surface area (Å²) in [7, 11) is 0. The van der Waals surface area contributed by atoms with Crippen molar-refractivity contribution in [3.8, 4) is 5.75 Å². The fraction of sp³-hybridized carbons (Fsp3) is 0.500. The Bertz CT molecular complexity index is 615. The zero-order chi connectivity index (χ0) is 14.1. The molecular formula is C20H24O. The average molecular weight is 280 g/mol. The third kappa shape index (κ3) is 2.66. The number of ether oxygens (including phenoxy) is 1. The van der Waals surface area contributed by atoms with Crippen molar-refractivity contribution in [2.45, 2.75) is 57.5 Å². The van der Waals surface area contributed by atoms with Crippen LogP contribution in [0.1, 0.15) is 51.4 Å². The van der Waals surface area contributed by atoms with Gasteiger partial charge in [0.25, 0.3) is 0 Å². The predicted molar refractivity (Wildman–Crippen MR) is 87.7 cm³/mol. The molecule has 0 heterocycles. The van der Waals surface area contributed by atoms with E-state index in [4.69, 9.17) is 4.74 Å². The van der Waals surface area contributed by atoms with E-state index in [1.807, 2.05) is 0 Å². The van der Waals surface area contributed by atoms with E-state index in [2.05, 4.69) is 42.5 Å². The van der Waals surface area contributed by atoms with Crippen LogP contribution in [0.5, 0.6) is 5.75 Å². The van der Waals surface area contributed by atoms with Gasteiger partial charge in [-0.2, -0.15) is 0 Å². The second-order valence-electron chi connectivity index (χ2n) is 7.03. The minimum atomic E-state index is 0.428. The first-order chi connectivity index (χ1) is 10.3. The molecule has 0 saturated heterocycles. The molecule has 1 spiro atoms. The van der Waals surface area contributed by atoms with Gasteiger partial charge in [-0.05, 0) is 66.8 Å². The van der Waals surface area contributed by atoms with Crippen molar-refractivity contribution in [3.05, 3.63) is 42.5 Å². The molecule has 4 rings (SSSR count). The lowest BCUT2D eigenvalue weighted by Crippen LogP contribution is -2.30. The zero-order valence-corrected chi connectivity index (χ0v) is 12.7. The molecule has 2 aliphatic rings. The third-order valence-electron chi connectivity index (χ3n) is 5.68. The summed E-state index contributed by atoms with van der Waals surface area (Å²) < 4.78 is 6.27. The molecule has 0 aliphatic heterocycles. The number of hydrogen-bond acceptors (Lipinski definition) is 1. The molecule has 0 amide bonds. The van der Waals surface area contributed by atoms with Crippen molar-refractivity contribution in [1.82, 2.24) is 0 Å². The fourth-order valence-electron chi connectivity index (χ4n) is 4.38. The molecule has 0 unspecified atom stereocenters. The molecule has 110 valence electrons. The van der Waals surface area contributed by atoms with Gasteiger partial charge in [-0.15, -0.1) is 0 Å². The van der Waals surface area contributed by atoms with Gasteiger partial charge in [0.1, 0.15) is 5.75 Å². The summed E-state index contributed by atoms with van der Waals surface area (Å²) in [5, 5.41) is 2.57. The summed E-state index contributed by atoms with van der Waals surface area (Å²) >= 11 is 0. The standard InChI is InChI=1S/C20H24O/c1-2-6-17-15-19(8-7-16(17)5-1)21-18-9-13-20(14-10-18)11-3-4-12-20/h1-2,5-8,15,18H,3-4,9-14H2. The van der Waals surface area contributed by atoms with Crippen molar-refractivity contribution >= 4 is 10.8 Å². The van der Waals surface area contributed by atoms with Gasteiger partial charge >= 0.3 is 0 Å². The second-order valence-corrected chi connectivity index (χ2v) is 7.03. The van der Waals surface area contributed by atoms with Crippen LogP contribution in [-0.2, 0) is 0 Å². The van der Waals surface area contributed by atoms with E-state index in [1.54, 1.807) is 0 Å². The number of fused-ring (bicyclic) bond motifs is 1. The van der Waals surface area contributed by atoms with Crippen LogP contribution >= 0.6 is 0 Å². The lowest BCUT2D eigenvalue weighted by atomic mass is 9.72. The van der Waals surface area contributed by atoms with Crippen LogP contribution in [0.4, 0.5) is 0 Å². The summed E-state index contributed by atoms with van der Waals surface area (Å²) in [5.41, 5.74) is 0.698. The Hall–Kier alpha value is -1.50. The van der Waals surface area contributed by atoms with Crippen molar-refractivity contribution in [1.29, 1.82) is 0 Å². The van der Waals surface area contributed by atoms with Crippen molar-refractivity contribution in [3.63, 3.8) is 0 Å². The smallest absolute Gasteiger partial charge is 0.120 e. The van der Waals surface area contributed by atoms with Gasteiger partial charge in [0.15, 0.2) is 0 Å². The molecule has 0 N–H and O–H groups in total. The van der Waals surface area contributed by atoms with E-state index in [0.717, 1.165) is 5.75 Å². The van der Waals surface area contributed by atoms with Crippen LogP contribution in [0.3, 0.4) is 0 Å². The highest BCUT2D eigenvalue weighted by molar-refractivity contribution is 5.83. The Kier molecular flexibility index (Phi) is 3.37. The van der Waals surface area contributed by atoms with Gasteiger partial charge in [-0.25, -0.2) is 0 Å². The maximum absolute atomic E-state index is 6.27. The van der Waals surface area contributed by atoms with E-state index in [0.29, 0.717) is 11.5 Å². The van der Waals surface area contributed by atoms with E-state index < -0.39 is 0 Å². The summed E-state index contributed by atoms with van der Waals surface area (Å²) in [6.07, 6.45) is 11.5. The number of rotatable bonds is 2. The van der Waals surface area contributed by atoms with Gasteiger partial charge in [0.2, 0.25) is 0 Å². The van der Waals surface area contributed by atoms with Gasteiger partial charge in [0.05, 0.1) is 6.10 Å². The average Bonchev–Trinajstić information content (AvgIpc) is 2.98. The summed E-state index contributed by atoms with van der Waals surface area (Å²) in [4.78, 5) is 0. The predicted octanol–water partition coefficient (Wildman–Crippen LogP) is 5.72. The molecule has 1 heteroatoms. The molecule has 2 aliphatic carbocycles. The van der Waals surface area contributed by atoms with Gasteiger partial charge in [-0.3, -0.25) is 0 Å². The number of benzene rings is 2. The largest absolute Gasteiger partial charge is 0.490 e. The van der Waals surface area contributed by atoms with E-state index in [-0.39, 0.29) is 0 Å². The first-order valence-corrected chi connectivity index (χ1v) is 8.49. The summed E-state index contributed by atoms with van der Waals surface area (Å²) in [6, 6.07) is 15.0. The highest BCUT2D eigenvalue weighted by Gasteiger charge is 2.37. The van der Waals surface area contributed by atoms with Gasteiger partial charge < -0.3 is 4.74 Å².